The van der Waals surface area contributed by atoms with Crippen LogP contribution in [0.4, 0.5) is 4.39 Å². The Balaban J connectivity index is 3.20. The first-order chi connectivity index (χ1) is 6.22. The van der Waals surface area contributed by atoms with Gasteiger partial charge in [0.25, 0.3) is 0 Å². The number of ether oxygens (including phenoxy) is 2. The molecule has 0 heterocycles. The van der Waals surface area contributed by atoms with E-state index in [1.807, 2.05) is 0 Å². The summed E-state index contributed by atoms with van der Waals surface area (Å²) >= 11 is 1.32. The molecule has 0 saturated carbocycles. The minimum Gasteiger partial charge on any atom is -0.497 e. The molecule has 0 aromatic heterocycles. The Labute approximate surface area is 81.0 Å². The second-order valence-electron chi connectivity index (χ2n) is 2.35. The molecule has 0 aliphatic carbocycles. The Morgan fingerprint density at radius 3 is 2.38 bits per heavy atom. The van der Waals surface area contributed by atoms with E-state index in [-0.39, 0.29) is 11.6 Å². The molecule has 0 N–H and O–H groups in total. The maximum Gasteiger partial charge on any atom is 0.178 e. The van der Waals surface area contributed by atoms with Gasteiger partial charge in [-0.05, 0) is 12.3 Å². The van der Waals surface area contributed by atoms with E-state index in [1.54, 1.807) is 12.3 Å². The van der Waals surface area contributed by atoms with Gasteiger partial charge in [-0.2, -0.15) is 0 Å². The first-order valence-electron chi connectivity index (χ1n) is 3.68. The average molecular weight is 202 g/mol. The summed E-state index contributed by atoms with van der Waals surface area (Å²) < 4.78 is 23.2. The average Bonchev–Trinajstić information content (AvgIpc) is 2.18. The summed E-state index contributed by atoms with van der Waals surface area (Å²) in [6.07, 6.45) is 1.80. The molecule has 0 radical (unpaired) electrons. The molecular formula is C9H11FO2S. The Bertz CT molecular complexity index is 277. The topological polar surface area (TPSA) is 18.5 Å². The minimum atomic E-state index is -0.337. The SMILES string of the molecule is COc1cc(OC)c(F)c(SC)c1. The van der Waals surface area contributed by atoms with Crippen molar-refractivity contribution in [3.05, 3.63) is 17.9 Å². The molecule has 0 amide bonds. The zero-order chi connectivity index (χ0) is 9.84. The second-order valence-corrected chi connectivity index (χ2v) is 3.19. The monoisotopic (exact) mass is 202 g/mol. The third-order valence-corrected chi connectivity index (χ3v) is 2.39. The molecule has 2 nitrogen and oxygen atoms in total. The summed E-state index contributed by atoms with van der Waals surface area (Å²) in [5.74, 6) is 0.474. The van der Waals surface area contributed by atoms with Crippen molar-refractivity contribution in [3.8, 4) is 11.5 Å². The van der Waals surface area contributed by atoms with Crippen molar-refractivity contribution in [2.45, 2.75) is 4.90 Å². The van der Waals surface area contributed by atoms with Gasteiger partial charge in [-0.25, -0.2) is 4.39 Å². The normalized spacial score (nSPS) is 9.85. The molecule has 0 aliphatic rings. The zero-order valence-corrected chi connectivity index (χ0v) is 8.57. The first-order valence-corrected chi connectivity index (χ1v) is 4.91. The van der Waals surface area contributed by atoms with Crippen LogP contribution in [0.1, 0.15) is 0 Å². The summed E-state index contributed by atoms with van der Waals surface area (Å²) in [6.45, 7) is 0. The Kier molecular flexibility index (Phi) is 3.42. The van der Waals surface area contributed by atoms with E-state index in [0.29, 0.717) is 10.6 Å². The maximum absolute atomic E-state index is 13.4. The van der Waals surface area contributed by atoms with Gasteiger partial charge in [-0.1, -0.05) is 0 Å². The molecule has 0 unspecified atom stereocenters. The predicted molar refractivity (Wildman–Crippen MR) is 51.3 cm³/mol. The smallest absolute Gasteiger partial charge is 0.178 e. The summed E-state index contributed by atoms with van der Waals surface area (Å²) in [7, 11) is 2.97. The molecule has 72 valence electrons. The number of hydrogen-bond acceptors (Lipinski definition) is 3. The summed E-state index contributed by atoms with van der Waals surface area (Å²) in [4.78, 5) is 0.524. The van der Waals surface area contributed by atoms with Crippen LogP contribution in [0.5, 0.6) is 11.5 Å². The maximum atomic E-state index is 13.4. The van der Waals surface area contributed by atoms with Gasteiger partial charge in [0, 0.05) is 6.07 Å². The molecule has 4 heteroatoms. The standard InChI is InChI=1S/C9H11FO2S/c1-11-6-4-7(12-2)9(10)8(5-6)13-3/h4-5H,1-3H3. The Morgan fingerprint density at radius 1 is 1.23 bits per heavy atom. The fourth-order valence-electron chi connectivity index (χ4n) is 0.963. The van der Waals surface area contributed by atoms with E-state index < -0.39 is 0 Å². The van der Waals surface area contributed by atoms with Crippen LogP contribution in [0.2, 0.25) is 0 Å². The number of halogens is 1. The van der Waals surface area contributed by atoms with Crippen molar-refractivity contribution in [2.24, 2.45) is 0 Å². The third-order valence-electron chi connectivity index (χ3n) is 1.65. The number of benzene rings is 1. The van der Waals surface area contributed by atoms with Gasteiger partial charge in [0.15, 0.2) is 11.6 Å². The molecule has 0 fully saturated rings. The van der Waals surface area contributed by atoms with Crippen LogP contribution in [0, 0.1) is 5.82 Å². The number of thioether (sulfide) groups is 1. The first kappa shape index (κ1) is 10.2. The Morgan fingerprint density at radius 2 is 1.92 bits per heavy atom. The van der Waals surface area contributed by atoms with Crippen molar-refractivity contribution in [3.63, 3.8) is 0 Å². The second kappa shape index (κ2) is 4.37. The van der Waals surface area contributed by atoms with E-state index in [1.165, 1.54) is 32.0 Å². The molecule has 1 aromatic carbocycles. The van der Waals surface area contributed by atoms with E-state index in [9.17, 15) is 4.39 Å². The molecule has 1 aromatic rings. The predicted octanol–water partition coefficient (Wildman–Crippen LogP) is 2.56. The lowest BCUT2D eigenvalue weighted by molar-refractivity contribution is 0.368. The fraction of sp³-hybridized carbons (Fsp3) is 0.333. The highest BCUT2D eigenvalue weighted by molar-refractivity contribution is 7.98. The van der Waals surface area contributed by atoms with Gasteiger partial charge in [-0.15, -0.1) is 11.8 Å². The van der Waals surface area contributed by atoms with Crippen LogP contribution in [-0.4, -0.2) is 20.5 Å². The van der Waals surface area contributed by atoms with Crippen molar-refractivity contribution >= 4 is 11.8 Å². The van der Waals surface area contributed by atoms with E-state index in [0.717, 1.165) is 0 Å². The quantitative estimate of drug-likeness (QED) is 0.702. The number of rotatable bonds is 3. The van der Waals surface area contributed by atoms with Crippen molar-refractivity contribution in [1.82, 2.24) is 0 Å². The largest absolute Gasteiger partial charge is 0.497 e. The molecule has 0 atom stereocenters. The number of methoxy groups -OCH3 is 2. The fourth-order valence-corrected chi connectivity index (χ4v) is 1.48. The van der Waals surface area contributed by atoms with Gasteiger partial charge >= 0.3 is 0 Å². The van der Waals surface area contributed by atoms with Crippen molar-refractivity contribution < 1.29 is 13.9 Å². The highest BCUT2D eigenvalue weighted by Crippen LogP contribution is 2.31. The highest BCUT2D eigenvalue weighted by Gasteiger charge is 2.10. The lowest BCUT2D eigenvalue weighted by Gasteiger charge is -2.08. The van der Waals surface area contributed by atoms with E-state index in [2.05, 4.69) is 0 Å². The van der Waals surface area contributed by atoms with Gasteiger partial charge < -0.3 is 9.47 Å². The molecule has 13 heavy (non-hydrogen) atoms. The van der Waals surface area contributed by atoms with Crippen LogP contribution in [0.25, 0.3) is 0 Å². The van der Waals surface area contributed by atoms with Crippen LogP contribution in [0.15, 0.2) is 17.0 Å². The summed E-state index contributed by atoms with van der Waals surface area (Å²) in [5, 5.41) is 0. The molecule has 0 spiro atoms. The van der Waals surface area contributed by atoms with Crippen molar-refractivity contribution in [2.75, 3.05) is 20.5 Å². The minimum absolute atomic E-state index is 0.212. The van der Waals surface area contributed by atoms with Crippen LogP contribution >= 0.6 is 11.8 Å². The highest BCUT2D eigenvalue weighted by atomic mass is 32.2. The van der Waals surface area contributed by atoms with Crippen LogP contribution in [-0.2, 0) is 0 Å². The lowest BCUT2D eigenvalue weighted by Crippen LogP contribution is -1.92. The van der Waals surface area contributed by atoms with Crippen LogP contribution in [0.3, 0.4) is 0 Å². The molecule has 1 rings (SSSR count). The zero-order valence-electron chi connectivity index (χ0n) is 7.76. The third kappa shape index (κ3) is 2.06. The summed E-state index contributed by atoms with van der Waals surface area (Å²) in [5.41, 5.74) is 0. The lowest BCUT2D eigenvalue weighted by atomic mass is 10.3. The molecule has 0 aliphatic heterocycles. The van der Waals surface area contributed by atoms with Gasteiger partial charge in [0.1, 0.15) is 5.75 Å². The molecule has 0 saturated heterocycles. The molecular weight excluding hydrogens is 191 g/mol. The van der Waals surface area contributed by atoms with Gasteiger partial charge in [0.2, 0.25) is 0 Å². The Hall–Kier alpha value is -0.900. The summed E-state index contributed by atoms with van der Waals surface area (Å²) in [6, 6.07) is 3.16. The van der Waals surface area contributed by atoms with E-state index >= 15 is 0 Å². The number of hydrogen-bond donors (Lipinski definition) is 0. The van der Waals surface area contributed by atoms with Gasteiger partial charge in [-0.3, -0.25) is 0 Å². The van der Waals surface area contributed by atoms with Crippen molar-refractivity contribution in [1.29, 1.82) is 0 Å². The molecule has 0 bridgehead atoms. The van der Waals surface area contributed by atoms with E-state index in [4.69, 9.17) is 9.47 Å². The van der Waals surface area contributed by atoms with Gasteiger partial charge in [0.05, 0.1) is 19.1 Å². The van der Waals surface area contributed by atoms with Crippen LogP contribution < -0.4 is 9.47 Å².